The molecule has 4 heterocycles. The highest BCUT2D eigenvalue weighted by atomic mass is 32.2. The molecule has 35 heavy (non-hydrogen) atoms. The summed E-state index contributed by atoms with van der Waals surface area (Å²) in [6.45, 7) is 0.187. The van der Waals surface area contributed by atoms with Crippen LogP contribution in [0.3, 0.4) is 0 Å². The number of carbonyl (C=O) groups is 1. The van der Waals surface area contributed by atoms with E-state index in [9.17, 15) is 4.79 Å². The first-order valence-corrected chi connectivity index (χ1v) is 12.4. The summed E-state index contributed by atoms with van der Waals surface area (Å²) in [4.78, 5) is 16.5. The van der Waals surface area contributed by atoms with E-state index in [0.717, 1.165) is 47.5 Å². The van der Waals surface area contributed by atoms with Gasteiger partial charge in [-0.2, -0.15) is 5.10 Å². The minimum absolute atomic E-state index is 0.0210. The second-order valence-electron chi connectivity index (χ2n) is 8.62. The van der Waals surface area contributed by atoms with Crippen LogP contribution in [0.25, 0.3) is 22.4 Å². The Morgan fingerprint density at radius 3 is 2.80 bits per heavy atom. The molecule has 1 aromatic carbocycles. The molecule has 0 saturated heterocycles. The van der Waals surface area contributed by atoms with Crippen molar-refractivity contribution < 1.29 is 9.90 Å². The Kier molecular flexibility index (Phi) is 5.67. The van der Waals surface area contributed by atoms with Crippen LogP contribution in [0.15, 0.2) is 71.1 Å². The Balaban J connectivity index is 1.26. The lowest BCUT2D eigenvalue weighted by Crippen LogP contribution is -2.13. The molecule has 0 atom stereocenters. The SMILES string of the molecule is O=C(Nc1cn2nc(Sc3nnc4ccc(-c5cccc(CCCO)c5)cn34)ccc2n1)C1CC1. The number of nitrogens with zero attached hydrogens (tertiary/aromatic N) is 6. The number of fused-ring (bicyclic) bond motifs is 2. The molecule has 176 valence electrons. The first-order chi connectivity index (χ1) is 17.2. The number of aliphatic hydroxyl groups excluding tert-OH is 1. The standard InChI is InChI=1S/C25H23N7O2S/c33-12-2-4-16-3-1-5-18(13-16)19-8-9-22-28-29-25(31(22)14-19)35-23-11-10-21-26-20(15-32(21)30-23)27-24(34)17-6-7-17/h1,3,5,8-11,13-15,17,33H,2,4,6-7,12H2,(H,27,34). The number of hydrogen-bond donors (Lipinski definition) is 2. The molecule has 1 aliphatic rings. The number of carbonyl (C=O) groups excluding carboxylic acids is 1. The number of pyridine rings is 1. The van der Waals surface area contributed by atoms with E-state index >= 15 is 0 Å². The molecule has 1 amide bonds. The van der Waals surface area contributed by atoms with E-state index in [1.807, 2.05) is 40.9 Å². The Morgan fingerprint density at radius 1 is 1.06 bits per heavy atom. The van der Waals surface area contributed by atoms with Crippen molar-refractivity contribution >= 4 is 34.8 Å². The summed E-state index contributed by atoms with van der Waals surface area (Å²) in [5.41, 5.74) is 4.77. The molecule has 10 heteroatoms. The van der Waals surface area contributed by atoms with Gasteiger partial charge in [0.05, 0.1) is 6.20 Å². The summed E-state index contributed by atoms with van der Waals surface area (Å²) < 4.78 is 3.62. The number of imidazole rings is 1. The number of amides is 1. The summed E-state index contributed by atoms with van der Waals surface area (Å²) in [5.74, 6) is 0.649. The van der Waals surface area contributed by atoms with Crippen molar-refractivity contribution in [3.05, 3.63) is 66.5 Å². The highest BCUT2D eigenvalue weighted by Crippen LogP contribution is 2.30. The van der Waals surface area contributed by atoms with E-state index < -0.39 is 0 Å². The number of rotatable bonds is 8. The second-order valence-corrected chi connectivity index (χ2v) is 9.61. The first kappa shape index (κ1) is 21.8. The van der Waals surface area contributed by atoms with Crippen molar-refractivity contribution in [3.8, 4) is 11.1 Å². The molecule has 9 nitrogen and oxygen atoms in total. The van der Waals surface area contributed by atoms with Crippen LogP contribution in [0.5, 0.6) is 0 Å². The van der Waals surface area contributed by atoms with Gasteiger partial charge in [-0.1, -0.05) is 24.3 Å². The van der Waals surface area contributed by atoms with Gasteiger partial charge in [-0.05, 0) is 78.4 Å². The van der Waals surface area contributed by atoms with Crippen molar-refractivity contribution in [1.82, 2.24) is 29.2 Å². The largest absolute Gasteiger partial charge is 0.396 e. The number of benzene rings is 1. The normalized spacial score (nSPS) is 13.5. The van der Waals surface area contributed by atoms with Crippen LogP contribution in [-0.4, -0.2) is 46.8 Å². The van der Waals surface area contributed by atoms with E-state index in [1.165, 1.54) is 17.3 Å². The maximum atomic E-state index is 12.0. The third kappa shape index (κ3) is 4.62. The average Bonchev–Trinajstić information content (AvgIpc) is 3.55. The molecule has 5 aromatic rings. The molecule has 0 radical (unpaired) electrons. The number of hydrogen-bond acceptors (Lipinski definition) is 7. The summed E-state index contributed by atoms with van der Waals surface area (Å²) in [5, 5.41) is 26.7. The predicted molar refractivity (Wildman–Crippen MR) is 132 cm³/mol. The zero-order chi connectivity index (χ0) is 23.8. The van der Waals surface area contributed by atoms with Gasteiger partial charge in [-0.15, -0.1) is 10.2 Å². The van der Waals surface area contributed by atoms with Crippen LogP contribution in [0.2, 0.25) is 0 Å². The lowest BCUT2D eigenvalue weighted by molar-refractivity contribution is -0.117. The van der Waals surface area contributed by atoms with Crippen LogP contribution in [0, 0.1) is 5.92 Å². The van der Waals surface area contributed by atoms with Gasteiger partial charge in [-0.3, -0.25) is 9.20 Å². The zero-order valence-corrected chi connectivity index (χ0v) is 19.6. The lowest BCUT2D eigenvalue weighted by Gasteiger charge is -2.07. The van der Waals surface area contributed by atoms with Crippen molar-refractivity contribution in [2.75, 3.05) is 11.9 Å². The Bertz CT molecular complexity index is 1540. The highest BCUT2D eigenvalue weighted by Gasteiger charge is 2.30. The number of aromatic nitrogens is 6. The maximum absolute atomic E-state index is 12.0. The van der Waals surface area contributed by atoms with Gasteiger partial charge in [0.25, 0.3) is 0 Å². The average molecular weight is 486 g/mol. The van der Waals surface area contributed by atoms with Gasteiger partial charge in [0.1, 0.15) is 5.03 Å². The Labute approximate surface area is 205 Å². The van der Waals surface area contributed by atoms with Crippen LogP contribution >= 0.6 is 11.8 Å². The molecule has 1 aliphatic carbocycles. The molecule has 0 unspecified atom stereocenters. The van der Waals surface area contributed by atoms with E-state index in [2.05, 4.69) is 43.8 Å². The molecule has 4 aromatic heterocycles. The summed E-state index contributed by atoms with van der Waals surface area (Å²) >= 11 is 1.41. The number of nitrogens with one attached hydrogen (secondary N) is 1. The van der Waals surface area contributed by atoms with Crippen LogP contribution in [0.1, 0.15) is 24.8 Å². The van der Waals surface area contributed by atoms with E-state index in [4.69, 9.17) is 5.11 Å². The molecule has 0 spiro atoms. The molecule has 1 saturated carbocycles. The summed E-state index contributed by atoms with van der Waals surface area (Å²) in [6, 6.07) is 16.1. The smallest absolute Gasteiger partial charge is 0.228 e. The van der Waals surface area contributed by atoms with Crippen LogP contribution < -0.4 is 5.32 Å². The van der Waals surface area contributed by atoms with Crippen molar-refractivity contribution in [2.45, 2.75) is 35.9 Å². The number of anilines is 1. The van der Waals surface area contributed by atoms with Crippen LogP contribution in [0.4, 0.5) is 5.82 Å². The van der Waals surface area contributed by atoms with Gasteiger partial charge in [0.2, 0.25) is 11.1 Å². The fourth-order valence-electron chi connectivity index (χ4n) is 3.95. The molecular weight excluding hydrogens is 462 g/mol. The molecule has 6 rings (SSSR count). The van der Waals surface area contributed by atoms with E-state index in [1.54, 1.807) is 10.7 Å². The minimum atomic E-state index is 0.0210. The third-order valence-electron chi connectivity index (χ3n) is 5.95. The number of aryl methyl sites for hydroxylation is 1. The molecule has 1 fully saturated rings. The zero-order valence-electron chi connectivity index (χ0n) is 18.8. The van der Waals surface area contributed by atoms with Gasteiger partial charge < -0.3 is 10.4 Å². The molecule has 0 aliphatic heterocycles. The van der Waals surface area contributed by atoms with Gasteiger partial charge >= 0.3 is 0 Å². The van der Waals surface area contributed by atoms with Gasteiger partial charge in [0.15, 0.2) is 17.1 Å². The number of aliphatic hydroxyl groups is 1. The highest BCUT2D eigenvalue weighted by molar-refractivity contribution is 7.99. The van der Waals surface area contributed by atoms with Crippen molar-refractivity contribution in [1.29, 1.82) is 0 Å². The predicted octanol–water partition coefficient (Wildman–Crippen LogP) is 3.86. The van der Waals surface area contributed by atoms with Gasteiger partial charge in [-0.25, -0.2) is 9.50 Å². The monoisotopic (exact) mass is 485 g/mol. The Morgan fingerprint density at radius 2 is 1.94 bits per heavy atom. The Hall–Kier alpha value is -3.76. The summed E-state index contributed by atoms with van der Waals surface area (Å²) in [7, 11) is 0. The van der Waals surface area contributed by atoms with Crippen LogP contribution in [-0.2, 0) is 11.2 Å². The van der Waals surface area contributed by atoms with Gasteiger partial charge in [0, 0.05) is 18.7 Å². The van der Waals surface area contributed by atoms with E-state index in [-0.39, 0.29) is 18.4 Å². The minimum Gasteiger partial charge on any atom is -0.396 e. The van der Waals surface area contributed by atoms with Crippen molar-refractivity contribution in [2.24, 2.45) is 5.92 Å². The topological polar surface area (TPSA) is 110 Å². The third-order valence-corrected chi connectivity index (χ3v) is 6.83. The fraction of sp³-hybridized carbons (Fsp3) is 0.240. The first-order valence-electron chi connectivity index (χ1n) is 11.6. The molecule has 0 bridgehead atoms. The second kappa shape index (κ2) is 9.12. The van der Waals surface area contributed by atoms with E-state index in [0.29, 0.717) is 16.6 Å². The summed E-state index contributed by atoms with van der Waals surface area (Å²) in [6.07, 6.45) is 7.24. The lowest BCUT2D eigenvalue weighted by atomic mass is 10.0. The van der Waals surface area contributed by atoms with Crippen molar-refractivity contribution in [3.63, 3.8) is 0 Å². The fourth-order valence-corrected chi connectivity index (χ4v) is 4.72. The quantitative estimate of drug-likeness (QED) is 0.343. The molecular formula is C25H23N7O2S. The maximum Gasteiger partial charge on any atom is 0.228 e. The molecule has 2 N–H and O–H groups in total.